The summed E-state index contributed by atoms with van der Waals surface area (Å²) in [5.41, 5.74) is 0. The molecule has 1 rings (SSSR count). The number of unbranched alkanes of at least 4 members (excludes halogenated alkanes) is 1. The molecule has 0 aliphatic carbocycles. The molecule has 0 fully saturated rings. The van der Waals surface area contributed by atoms with E-state index in [1.165, 1.54) is 22.8 Å². The molecule has 56 valence electrons. The topological polar surface area (TPSA) is 0 Å². The van der Waals surface area contributed by atoms with Gasteiger partial charge in [-0.05, 0) is 0 Å². The molecular formula is C8H11ISe. The normalized spacial score (nSPS) is 10.2. The van der Waals surface area contributed by atoms with Crippen LogP contribution in [0.4, 0.5) is 0 Å². The molecule has 0 nitrogen and oxygen atoms in total. The number of halogens is 1. The van der Waals surface area contributed by atoms with Gasteiger partial charge in [0.2, 0.25) is 0 Å². The Labute approximate surface area is 81.9 Å². The van der Waals surface area contributed by atoms with Crippen molar-refractivity contribution in [2.45, 2.75) is 26.2 Å². The van der Waals surface area contributed by atoms with Gasteiger partial charge in [0.25, 0.3) is 0 Å². The van der Waals surface area contributed by atoms with E-state index >= 15 is 0 Å². The molecule has 0 bridgehead atoms. The maximum atomic E-state index is 2.44. The molecule has 1 aromatic heterocycles. The molecule has 1 heterocycles. The van der Waals surface area contributed by atoms with Crippen LogP contribution in [0.3, 0.4) is 0 Å². The average Bonchev–Trinajstić information content (AvgIpc) is 2.31. The molecular weight excluding hydrogens is 302 g/mol. The van der Waals surface area contributed by atoms with Crippen molar-refractivity contribution in [3.63, 3.8) is 0 Å². The first-order valence-electron chi connectivity index (χ1n) is 3.56. The van der Waals surface area contributed by atoms with Crippen LogP contribution >= 0.6 is 22.6 Å². The number of hydrogen-bond acceptors (Lipinski definition) is 0. The van der Waals surface area contributed by atoms with Gasteiger partial charge in [0.1, 0.15) is 0 Å². The molecule has 1 aromatic rings. The summed E-state index contributed by atoms with van der Waals surface area (Å²) in [6.45, 7) is 2.25. The Balaban J connectivity index is 2.49. The summed E-state index contributed by atoms with van der Waals surface area (Å²) in [4.78, 5) is 2.32. The van der Waals surface area contributed by atoms with Crippen molar-refractivity contribution >= 4 is 37.1 Å². The fraction of sp³-hybridized carbons (Fsp3) is 0.500. The maximum absolute atomic E-state index is 2.44. The third-order valence-electron chi connectivity index (χ3n) is 1.45. The first-order chi connectivity index (χ1) is 4.84. The summed E-state index contributed by atoms with van der Waals surface area (Å²) in [6.07, 6.45) is 4.02. The van der Waals surface area contributed by atoms with Gasteiger partial charge in [0, 0.05) is 0 Å². The first-order valence-corrected chi connectivity index (χ1v) is 6.49. The van der Waals surface area contributed by atoms with Crippen molar-refractivity contribution in [3.8, 4) is 0 Å². The average molecular weight is 313 g/mol. The molecule has 0 N–H and O–H groups in total. The molecule has 0 radical (unpaired) electrons. The third-order valence-corrected chi connectivity index (χ3v) is 5.34. The van der Waals surface area contributed by atoms with E-state index in [4.69, 9.17) is 0 Å². The molecule has 2 heteroatoms. The summed E-state index contributed by atoms with van der Waals surface area (Å²) in [6, 6.07) is 2.26. The zero-order chi connectivity index (χ0) is 7.40. The zero-order valence-electron chi connectivity index (χ0n) is 6.06. The second-order valence-corrected chi connectivity index (χ2v) is 5.56. The van der Waals surface area contributed by atoms with Crippen LogP contribution in [0, 0.1) is 3.57 Å². The van der Waals surface area contributed by atoms with E-state index in [-0.39, 0.29) is 0 Å². The molecule has 0 aliphatic heterocycles. The molecule has 0 spiro atoms. The Morgan fingerprint density at radius 2 is 2.40 bits per heavy atom. The van der Waals surface area contributed by atoms with Crippen molar-refractivity contribution in [3.05, 3.63) is 19.0 Å². The van der Waals surface area contributed by atoms with E-state index in [1.807, 2.05) is 0 Å². The van der Waals surface area contributed by atoms with Crippen LogP contribution in [0.5, 0.6) is 0 Å². The fourth-order valence-electron chi connectivity index (χ4n) is 0.841. The predicted molar refractivity (Wildman–Crippen MR) is 54.7 cm³/mol. The number of aryl methyl sites for hydroxylation is 1. The van der Waals surface area contributed by atoms with Gasteiger partial charge < -0.3 is 0 Å². The van der Waals surface area contributed by atoms with Crippen LogP contribution < -0.4 is 0 Å². The van der Waals surface area contributed by atoms with Gasteiger partial charge in [-0.3, -0.25) is 0 Å². The van der Waals surface area contributed by atoms with Crippen LogP contribution in [0.2, 0.25) is 0 Å². The fourth-order valence-corrected chi connectivity index (χ4v) is 4.20. The van der Waals surface area contributed by atoms with Crippen LogP contribution in [0.1, 0.15) is 24.2 Å². The van der Waals surface area contributed by atoms with E-state index in [1.54, 1.807) is 4.44 Å². The molecule has 10 heavy (non-hydrogen) atoms. The van der Waals surface area contributed by atoms with Crippen molar-refractivity contribution in [1.29, 1.82) is 0 Å². The predicted octanol–water partition coefficient (Wildman–Crippen LogP) is 2.69. The molecule has 0 saturated heterocycles. The molecule has 0 amide bonds. The van der Waals surface area contributed by atoms with E-state index < -0.39 is 0 Å². The van der Waals surface area contributed by atoms with E-state index in [0.29, 0.717) is 14.5 Å². The Morgan fingerprint density at radius 3 is 2.90 bits per heavy atom. The van der Waals surface area contributed by atoms with Crippen molar-refractivity contribution < 1.29 is 0 Å². The van der Waals surface area contributed by atoms with Gasteiger partial charge in [-0.1, -0.05) is 0 Å². The van der Waals surface area contributed by atoms with Crippen LogP contribution in [0.25, 0.3) is 0 Å². The van der Waals surface area contributed by atoms with Crippen LogP contribution in [-0.2, 0) is 6.42 Å². The minimum absolute atomic E-state index is 0.700. The SMILES string of the molecule is CCCCc1[se]ccc1I. The van der Waals surface area contributed by atoms with Crippen molar-refractivity contribution in [2.24, 2.45) is 0 Å². The second kappa shape index (κ2) is 4.58. The summed E-state index contributed by atoms with van der Waals surface area (Å²) in [5.74, 6) is 0. The summed E-state index contributed by atoms with van der Waals surface area (Å²) in [5, 5.41) is 0. The Morgan fingerprint density at radius 1 is 1.60 bits per heavy atom. The first kappa shape index (κ1) is 8.82. The van der Waals surface area contributed by atoms with Gasteiger partial charge in [-0.2, -0.15) is 0 Å². The van der Waals surface area contributed by atoms with E-state index in [9.17, 15) is 0 Å². The summed E-state index contributed by atoms with van der Waals surface area (Å²) < 4.78 is 3.21. The van der Waals surface area contributed by atoms with E-state index in [2.05, 4.69) is 40.5 Å². The second-order valence-electron chi connectivity index (χ2n) is 2.30. The number of hydrogen-bond donors (Lipinski definition) is 0. The molecule has 0 atom stereocenters. The quantitative estimate of drug-likeness (QED) is 0.595. The molecule has 0 aromatic carbocycles. The Hall–Kier alpha value is 0.729. The van der Waals surface area contributed by atoms with E-state index in [0.717, 1.165) is 0 Å². The standard InChI is InChI=1S/C8H11ISe/c1-2-3-4-8-7(9)5-6-10-8/h5-6H,2-4H2,1H3. The van der Waals surface area contributed by atoms with Gasteiger partial charge in [-0.15, -0.1) is 0 Å². The van der Waals surface area contributed by atoms with Gasteiger partial charge in [-0.25, -0.2) is 0 Å². The van der Waals surface area contributed by atoms with Gasteiger partial charge >= 0.3 is 82.3 Å². The summed E-state index contributed by atoms with van der Waals surface area (Å²) in [7, 11) is 0. The Kier molecular flexibility index (Phi) is 4.04. The van der Waals surface area contributed by atoms with Crippen molar-refractivity contribution in [1.82, 2.24) is 0 Å². The number of rotatable bonds is 3. The van der Waals surface area contributed by atoms with Crippen molar-refractivity contribution in [2.75, 3.05) is 0 Å². The van der Waals surface area contributed by atoms with Crippen LogP contribution in [0.15, 0.2) is 11.0 Å². The van der Waals surface area contributed by atoms with Gasteiger partial charge in [0.15, 0.2) is 0 Å². The van der Waals surface area contributed by atoms with Crippen LogP contribution in [-0.4, -0.2) is 14.5 Å². The van der Waals surface area contributed by atoms with Gasteiger partial charge in [0.05, 0.1) is 0 Å². The minimum atomic E-state index is 0.700. The monoisotopic (exact) mass is 314 g/mol. The Bertz CT molecular complexity index is 193. The molecule has 0 unspecified atom stereocenters. The molecule has 0 saturated carbocycles. The summed E-state index contributed by atoms with van der Waals surface area (Å²) >= 11 is 3.14. The molecule has 0 aliphatic rings. The third kappa shape index (κ3) is 2.40. The zero-order valence-corrected chi connectivity index (χ0v) is 9.93.